The molecule has 2 fully saturated rings. The second-order valence-corrected chi connectivity index (χ2v) is 5.19. The average Bonchev–Trinajstić information content (AvgIpc) is 2.51. The van der Waals surface area contributed by atoms with E-state index in [0.717, 1.165) is 6.21 Å². The zero-order valence-electron chi connectivity index (χ0n) is 12.1. The van der Waals surface area contributed by atoms with E-state index in [1.807, 2.05) is 5.32 Å². The van der Waals surface area contributed by atoms with Gasteiger partial charge in [0.1, 0.15) is 24.4 Å². The minimum atomic E-state index is -1.65. The molecule has 0 bridgehead atoms. The summed E-state index contributed by atoms with van der Waals surface area (Å²) in [5, 5.41) is 40.3. The Kier molecular flexibility index (Phi) is 5.06. The predicted octanol–water partition coefficient (Wildman–Crippen LogP) is -3.82. The smallest absolute Gasteiger partial charge is 0.330 e. The molecule has 11 nitrogen and oxygen atoms in total. The van der Waals surface area contributed by atoms with E-state index in [2.05, 4.69) is 4.99 Å². The number of ether oxygens (including phenoxy) is 1. The van der Waals surface area contributed by atoms with Crippen LogP contribution in [0.3, 0.4) is 0 Å². The van der Waals surface area contributed by atoms with Crippen molar-refractivity contribution in [3.8, 4) is 0 Å². The van der Waals surface area contributed by atoms with Crippen molar-refractivity contribution in [1.29, 1.82) is 0 Å². The summed E-state index contributed by atoms with van der Waals surface area (Å²) >= 11 is 0. The summed E-state index contributed by atoms with van der Waals surface area (Å²) in [5.41, 5.74) is 0. The molecule has 2 aliphatic heterocycles. The molecule has 4 amide bonds. The third-order valence-electron chi connectivity index (χ3n) is 3.69. The molecule has 5 N–H and O–H groups in total. The van der Waals surface area contributed by atoms with E-state index in [1.54, 1.807) is 0 Å². The molecule has 2 saturated heterocycles. The molecule has 2 rings (SSSR count). The van der Waals surface area contributed by atoms with Crippen LogP contribution in [-0.4, -0.2) is 93.7 Å². The van der Waals surface area contributed by atoms with Gasteiger partial charge >= 0.3 is 6.03 Å². The summed E-state index contributed by atoms with van der Waals surface area (Å²) < 4.78 is 4.89. The molecule has 2 heterocycles. The third kappa shape index (κ3) is 3.23. The summed E-state index contributed by atoms with van der Waals surface area (Å²) in [6.07, 6.45) is -5.05. The van der Waals surface area contributed by atoms with Crippen LogP contribution < -0.4 is 5.32 Å². The van der Waals surface area contributed by atoms with E-state index in [0.29, 0.717) is 4.90 Å². The number of rotatable bonds is 3. The maximum absolute atomic E-state index is 11.9. The van der Waals surface area contributed by atoms with E-state index in [4.69, 9.17) is 9.84 Å². The minimum Gasteiger partial charge on any atom is -0.394 e. The second kappa shape index (κ2) is 6.68. The average molecular weight is 331 g/mol. The maximum Gasteiger partial charge on any atom is 0.330 e. The molecular formula is C12H17N3O8. The monoisotopic (exact) mass is 331 g/mol. The van der Waals surface area contributed by atoms with E-state index in [-0.39, 0.29) is 0 Å². The van der Waals surface area contributed by atoms with Crippen molar-refractivity contribution in [2.75, 3.05) is 13.7 Å². The Morgan fingerprint density at radius 1 is 1.26 bits per heavy atom. The Bertz CT molecular complexity index is 538. The van der Waals surface area contributed by atoms with Gasteiger partial charge in [0.25, 0.3) is 0 Å². The number of amides is 4. The largest absolute Gasteiger partial charge is 0.394 e. The number of urea groups is 1. The fourth-order valence-electron chi connectivity index (χ4n) is 2.25. The Labute approximate surface area is 130 Å². The van der Waals surface area contributed by atoms with Crippen LogP contribution in [-0.2, 0) is 14.3 Å². The quantitative estimate of drug-likeness (QED) is 0.259. The first-order valence-corrected chi connectivity index (χ1v) is 6.74. The number of aliphatic hydroxyl groups excluding tert-OH is 4. The van der Waals surface area contributed by atoms with Gasteiger partial charge in [0, 0.05) is 13.3 Å². The van der Waals surface area contributed by atoms with Crippen LogP contribution in [0.4, 0.5) is 4.79 Å². The zero-order chi connectivity index (χ0) is 17.3. The van der Waals surface area contributed by atoms with Crippen molar-refractivity contribution in [2.24, 2.45) is 10.9 Å². The normalized spacial score (nSPS) is 39.0. The van der Waals surface area contributed by atoms with Gasteiger partial charge in [-0.2, -0.15) is 0 Å². The molecule has 2 aliphatic rings. The van der Waals surface area contributed by atoms with Gasteiger partial charge in [-0.3, -0.25) is 24.8 Å². The molecule has 0 spiro atoms. The molecule has 0 radical (unpaired) electrons. The molecule has 0 aromatic heterocycles. The van der Waals surface area contributed by atoms with E-state index < -0.39 is 61.0 Å². The lowest BCUT2D eigenvalue weighted by Crippen LogP contribution is -2.59. The van der Waals surface area contributed by atoms with Crippen molar-refractivity contribution in [2.45, 2.75) is 30.6 Å². The van der Waals surface area contributed by atoms with E-state index in [1.165, 1.54) is 7.05 Å². The van der Waals surface area contributed by atoms with E-state index in [9.17, 15) is 29.7 Å². The van der Waals surface area contributed by atoms with Crippen LogP contribution in [0.25, 0.3) is 0 Å². The number of nitrogens with one attached hydrogen (secondary N) is 1. The fourth-order valence-corrected chi connectivity index (χ4v) is 2.25. The first-order valence-electron chi connectivity index (χ1n) is 6.74. The van der Waals surface area contributed by atoms with Crippen LogP contribution in [0.1, 0.15) is 0 Å². The predicted molar refractivity (Wildman–Crippen MR) is 72.1 cm³/mol. The van der Waals surface area contributed by atoms with Gasteiger partial charge in [0.15, 0.2) is 12.2 Å². The molecule has 0 aliphatic carbocycles. The number of hydrogen-bond acceptors (Lipinski definition) is 9. The van der Waals surface area contributed by atoms with Crippen molar-refractivity contribution < 1.29 is 39.5 Å². The van der Waals surface area contributed by atoms with Crippen LogP contribution in [0.5, 0.6) is 0 Å². The number of aliphatic hydroxyl groups is 4. The molecule has 23 heavy (non-hydrogen) atoms. The molecule has 128 valence electrons. The van der Waals surface area contributed by atoms with E-state index >= 15 is 0 Å². The number of hydrogen-bond donors (Lipinski definition) is 5. The number of barbiturate groups is 1. The fraction of sp³-hybridized carbons (Fsp3) is 0.667. The topological polar surface area (TPSA) is 169 Å². The summed E-state index contributed by atoms with van der Waals surface area (Å²) in [6, 6.07) is -2.23. The Morgan fingerprint density at radius 3 is 2.52 bits per heavy atom. The lowest BCUT2D eigenvalue weighted by Gasteiger charge is -2.38. The van der Waals surface area contributed by atoms with Gasteiger partial charge in [-0.25, -0.2) is 4.79 Å². The number of imide groups is 2. The Balaban J connectivity index is 2.14. The minimum absolute atomic E-state index is 0.623. The lowest BCUT2D eigenvalue weighted by atomic mass is 9.97. The second-order valence-electron chi connectivity index (χ2n) is 5.19. The third-order valence-corrected chi connectivity index (χ3v) is 3.69. The highest BCUT2D eigenvalue weighted by atomic mass is 16.6. The van der Waals surface area contributed by atoms with Gasteiger partial charge < -0.3 is 25.2 Å². The standard InChI is InChI=1S/C12H17N3O8/c1-15-10(20)4(9(19)14-12(15)22)2-13-6-8(18)7(17)5(3-16)23-11(6)21/h2,4-8,11,16-18,21H,3H2,1H3,(H,14,19,22)/t4-,5-,6-,7-,8+,11+/m0/s1. The van der Waals surface area contributed by atoms with Gasteiger partial charge in [0.05, 0.1) is 6.61 Å². The highest BCUT2D eigenvalue weighted by Crippen LogP contribution is 2.22. The molecule has 6 atom stereocenters. The van der Waals surface area contributed by atoms with Gasteiger partial charge in [-0.15, -0.1) is 0 Å². The van der Waals surface area contributed by atoms with Gasteiger partial charge in [-0.1, -0.05) is 0 Å². The molecular weight excluding hydrogens is 314 g/mol. The number of nitrogens with zero attached hydrogens (tertiary/aromatic N) is 2. The van der Waals surface area contributed by atoms with Crippen LogP contribution in [0.15, 0.2) is 4.99 Å². The van der Waals surface area contributed by atoms with Crippen LogP contribution in [0.2, 0.25) is 0 Å². The summed E-state index contributed by atoms with van der Waals surface area (Å²) in [4.78, 5) is 39.2. The first kappa shape index (κ1) is 17.4. The van der Waals surface area contributed by atoms with Crippen LogP contribution >= 0.6 is 0 Å². The van der Waals surface area contributed by atoms with Crippen molar-refractivity contribution in [1.82, 2.24) is 10.2 Å². The van der Waals surface area contributed by atoms with Gasteiger partial charge in [0.2, 0.25) is 11.8 Å². The molecule has 11 heteroatoms. The Morgan fingerprint density at radius 2 is 1.91 bits per heavy atom. The van der Waals surface area contributed by atoms with Crippen molar-refractivity contribution >= 4 is 24.1 Å². The summed E-state index contributed by atoms with van der Waals surface area (Å²) in [5.74, 6) is -3.13. The summed E-state index contributed by atoms with van der Waals surface area (Å²) in [6.45, 7) is -0.623. The number of carbonyl (C=O) groups excluding carboxylic acids is 3. The van der Waals surface area contributed by atoms with Crippen molar-refractivity contribution in [3.05, 3.63) is 0 Å². The molecule has 0 aromatic rings. The Hall–Kier alpha value is -1.92. The van der Waals surface area contributed by atoms with Crippen molar-refractivity contribution in [3.63, 3.8) is 0 Å². The van der Waals surface area contributed by atoms with Crippen LogP contribution in [0, 0.1) is 5.92 Å². The van der Waals surface area contributed by atoms with Gasteiger partial charge in [-0.05, 0) is 0 Å². The highest BCUT2D eigenvalue weighted by Gasteiger charge is 2.44. The molecule has 0 saturated carbocycles. The number of carbonyl (C=O) groups is 3. The summed E-state index contributed by atoms with van der Waals surface area (Å²) in [7, 11) is 1.17. The molecule has 0 unspecified atom stereocenters. The highest BCUT2D eigenvalue weighted by molar-refractivity contribution is 6.23. The zero-order valence-corrected chi connectivity index (χ0v) is 12.1. The first-order chi connectivity index (χ1) is 10.8. The SMILES string of the molecule is CN1C(=O)NC(=O)[C@H](C=N[C@H]2[C@@H](O)[C@@H](O)[C@H](CO)O[C@H]2O)C1=O. The lowest BCUT2D eigenvalue weighted by molar-refractivity contribution is -0.248. The molecule has 0 aromatic carbocycles. The number of aliphatic imine (C=N–C) groups is 1. The maximum atomic E-state index is 11.9.